The van der Waals surface area contributed by atoms with E-state index >= 15 is 0 Å². The molecule has 2 N–H and O–H groups in total. The maximum Gasteiger partial charge on any atom is 0.322 e. The fraction of sp³-hybridized carbons (Fsp3) is 0.417. The zero-order valence-corrected chi connectivity index (χ0v) is 14.9. The number of carbonyl (C=O) groups is 1. The first kappa shape index (κ1) is 17.6. The molecule has 0 aromatic heterocycles. The van der Waals surface area contributed by atoms with Gasteiger partial charge in [0, 0.05) is 8.95 Å². The molecule has 0 aliphatic rings. The van der Waals surface area contributed by atoms with Gasteiger partial charge >= 0.3 is 5.97 Å². The molecule has 1 unspecified atom stereocenters. The maximum absolute atomic E-state index is 12.3. The molecule has 20 heavy (non-hydrogen) atoms. The fourth-order valence-electron chi connectivity index (χ4n) is 1.57. The molecule has 0 heterocycles. The normalized spacial score (nSPS) is 14.8. The van der Waals surface area contributed by atoms with Crippen molar-refractivity contribution in [1.82, 2.24) is 4.72 Å². The van der Waals surface area contributed by atoms with Crippen LogP contribution >= 0.6 is 31.9 Å². The molecule has 0 saturated heterocycles. The van der Waals surface area contributed by atoms with Crippen LogP contribution in [0.4, 0.5) is 0 Å². The molecule has 1 rings (SSSR count). The molecule has 0 spiro atoms. The number of carboxylic acid groups (broad SMARTS) is 1. The highest BCUT2D eigenvalue weighted by Crippen LogP contribution is 2.26. The van der Waals surface area contributed by atoms with Gasteiger partial charge in [0.1, 0.15) is 6.04 Å². The third kappa shape index (κ3) is 4.28. The average Bonchev–Trinajstić information content (AvgIpc) is 2.34. The number of rotatable bonds is 6. The monoisotopic (exact) mass is 427 g/mol. The first-order valence-corrected chi connectivity index (χ1v) is 8.96. The zero-order valence-electron chi connectivity index (χ0n) is 10.9. The van der Waals surface area contributed by atoms with Crippen LogP contribution in [0, 0.1) is 5.92 Å². The van der Waals surface area contributed by atoms with E-state index in [1.165, 1.54) is 6.07 Å². The number of halogens is 2. The Morgan fingerprint density at radius 3 is 2.45 bits per heavy atom. The van der Waals surface area contributed by atoms with Gasteiger partial charge < -0.3 is 5.11 Å². The van der Waals surface area contributed by atoms with Crippen molar-refractivity contribution in [3.05, 3.63) is 27.1 Å². The summed E-state index contributed by atoms with van der Waals surface area (Å²) < 4.78 is 27.9. The molecule has 0 saturated carbocycles. The minimum atomic E-state index is -3.91. The van der Waals surface area contributed by atoms with Gasteiger partial charge in [0.2, 0.25) is 10.0 Å². The number of hydrogen-bond donors (Lipinski definition) is 2. The summed E-state index contributed by atoms with van der Waals surface area (Å²) in [5.41, 5.74) is 0. The highest BCUT2D eigenvalue weighted by molar-refractivity contribution is 9.11. The molecule has 0 amide bonds. The lowest BCUT2D eigenvalue weighted by molar-refractivity contribution is -0.140. The van der Waals surface area contributed by atoms with Gasteiger partial charge in [-0.1, -0.05) is 36.2 Å². The molecule has 0 aliphatic carbocycles. The summed E-state index contributed by atoms with van der Waals surface area (Å²) in [6, 6.07) is 3.43. The predicted molar refractivity (Wildman–Crippen MR) is 83.0 cm³/mol. The summed E-state index contributed by atoms with van der Waals surface area (Å²) in [7, 11) is -3.91. The molecule has 8 heteroatoms. The Hall–Kier alpha value is -0.440. The third-order valence-corrected chi connectivity index (χ3v) is 5.86. The Morgan fingerprint density at radius 2 is 2.00 bits per heavy atom. The Balaban J connectivity index is 3.13. The molecular formula is C12H15Br2NO4S. The first-order valence-electron chi connectivity index (χ1n) is 5.89. The Morgan fingerprint density at radius 1 is 1.40 bits per heavy atom. The highest BCUT2D eigenvalue weighted by Gasteiger charge is 2.30. The Labute approximate surface area is 135 Å². The lowest BCUT2D eigenvalue weighted by atomic mass is 10.0. The van der Waals surface area contributed by atoms with Crippen LogP contribution < -0.4 is 4.72 Å². The lowest BCUT2D eigenvalue weighted by Gasteiger charge is -2.20. The fourth-order valence-corrected chi connectivity index (χ4v) is 4.61. The number of carboxylic acids is 1. The third-order valence-electron chi connectivity index (χ3n) is 2.94. The van der Waals surface area contributed by atoms with Gasteiger partial charge in [-0.15, -0.1) is 0 Å². The first-order chi connectivity index (χ1) is 9.19. The van der Waals surface area contributed by atoms with E-state index in [4.69, 9.17) is 5.11 Å². The van der Waals surface area contributed by atoms with Crippen LogP contribution in [-0.4, -0.2) is 25.5 Å². The highest BCUT2D eigenvalue weighted by atomic mass is 79.9. The lowest BCUT2D eigenvalue weighted by Crippen LogP contribution is -2.44. The molecule has 2 atom stereocenters. The number of aliphatic carboxylic acids is 1. The Kier molecular flexibility index (Phi) is 6.18. The number of benzene rings is 1. The SMILES string of the molecule is CCC(C)[C@H](NS(=O)(=O)c1ccc(Br)cc1Br)C(=O)O. The van der Waals surface area contributed by atoms with Gasteiger partial charge in [-0.25, -0.2) is 8.42 Å². The molecule has 112 valence electrons. The molecule has 1 aromatic rings. The van der Waals surface area contributed by atoms with Gasteiger partial charge in [-0.3, -0.25) is 4.79 Å². The van der Waals surface area contributed by atoms with Gasteiger partial charge in [-0.05, 0) is 40.0 Å². The van der Waals surface area contributed by atoms with Gasteiger partial charge in [0.25, 0.3) is 0 Å². The Bertz CT molecular complexity index is 603. The van der Waals surface area contributed by atoms with E-state index in [-0.39, 0.29) is 10.8 Å². The van der Waals surface area contributed by atoms with E-state index in [2.05, 4.69) is 36.6 Å². The van der Waals surface area contributed by atoms with E-state index in [0.717, 1.165) is 4.47 Å². The smallest absolute Gasteiger partial charge is 0.322 e. The van der Waals surface area contributed by atoms with Crippen molar-refractivity contribution >= 4 is 47.9 Å². The molecule has 0 bridgehead atoms. The van der Waals surface area contributed by atoms with Crippen molar-refractivity contribution < 1.29 is 18.3 Å². The van der Waals surface area contributed by atoms with Gasteiger partial charge in [0.15, 0.2) is 0 Å². The van der Waals surface area contributed by atoms with Crippen molar-refractivity contribution in [2.75, 3.05) is 0 Å². The van der Waals surface area contributed by atoms with E-state index in [9.17, 15) is 13.2 Å². The number of hydrogen-bond acceptors (Lipinski definition) is 3. The average molecular weight is 429 g/mol. The van der Waals surface area contributed by atoms with Crippen LogP contribution in [0.2, 0.25) is 0 Å². The summed E-state index contributed by atoms with van der Waals surface area (Å²) in [6.07, 6.45) is 0.557. The van der Waals surface area contributed by atoms with E-state index in [1.807, 2.05) is 6.92 Å². The molecule has 0 radical (unpaired) electrons. The van der Waals surface area contributed by atoms with Crippen molar-refractivity contribution in [1.29, 1.82) is 0 Å². The second-order valence-corrected chi connectivity index (χ2v) is 7.85. The van der Waals surface area contributed by atoms with Crippen molar-refractivity contribution in [2.24, 2.45) is 5.92 Å². The van der Waals surface area contributed by atoms with Gasteiger partial charge in [-0.2, -0.15) is 4.72 Å². The number of nitrogens with one attached hydrogen (secondary N) is 1. The topological polar surface area (TPSA) is 83.5 Å². The summed E-state index contributed by atoms with van der Waals surface area (Å²) in [4.78, 5) is 11.2. The minimum Gasteiger partial charge on any atom is -0.480 e. The summed E-state index contributed by atoms with van der Waals surface area (Å²) >= 11 is 6.40. The summed E-state index contributed by atoms with van der Waals surface area (Å²) in [6.45, 7) is 3.50. The minimum absolute atomic E-state index is 0.00949. The zero-order chi connectivity index (χ0) is 15.5. The quantitative estimate of drug-likeness (QED) is 0.729. The van der Waals surface area contributed by atoms with Crippen molar-refractivity contribution in [3.63, 3.8) is 0 Å². The van der Waals surface area contributed by atoms with Crippen LogP contribution in [0.15, 0.2) is 32.0 Å². The summed E-state index contributed by atoms with van der Waals surface area (Å²) in [5.74, 6) is -1.49. The molecule has 0 aliphatic heterocycles. The van der Waals surface area contributed by atoms with Crippen LogP contribution in [0.1, 0.15) is 20.3 Å². The largest absolute Gasteiger partial charge is 0.480 e. The maximum atomic E-state index is 12.3. The van der Waals surface area contributed by atoms with E-state index in [1.54, 1.807) is 19.1 Å². The molecule has 1 aromatic carbocycles. The van der Waals surface area contributed by atoms with Crippen LogP contribution in [0.3, 0.4) is 0 Å². The van der Waals surface area contributed by atoms with Crippen LogP contribution in [0.25, 0.3) is 0 Å². The van der Waals surface area contributed by atoms with Gasteiger partial charge in [0.05, 0.1) is 4.90 Å². The number of sulfonamides is 1. The van der Waals surface area contributed by atoms with E-state index in [0.29, 0.717) is 10.9 Å². The second kappa shape index (κ2) is 7.02. The standard InChI is InChI=1S/C12H15Br2NO4S/c1-3-7(2)11(12(16)17)15-20(18,19)10-5-4-8(13)6-9(10)14/h4-7,11,15H,3H2,1-2H3,(H,16,17)/t7?,11-/m0/s1. The van der Waals surface area contributed by atoms with Crippen molar-refractivity contribution in [3.8, 4) is 0 Å². The van der Waals surface area contributed by atoms with Crippen LogP contribution in [0.5, 0.6) is 0 Å². The van der Waals surface area contributed by atoms with Crippen LogP contribution in [-0.2, 0) is 14.8 Å². The summed E-state index contributed by atoms with van der Waals surface area (Å²) in [5, 5.41) is 9.15. The molecular weight excluding hydrogens is 414 g/mol. The predicted octanol–water partition coefficient (Wildman–Crippen LogP) is 2.99. The van der Waals surface area contributed by atoms with Crippen molar-refractivity contribution in [2.45, 2.75) is 31.2 Å². The second-order valence-electron chi connectivity index (χ2n) is 4.40. The molecule has 0 fully saturated rings. The van der Waals surface area contributed by atoms with E-state index < -0.39 is 22.0 Å². The molecule has 5 nitrogen and oxygen atoms in total.